The summed E-state index contributed by atoms with van der Waals surface area (Å²) in [4.78, 5) is 0. The van der Waals surface area contributed by atoms with Gasteiger partial charge in [0.1, 0.15) is 0 Å². The van der Waals surface area contributed by atoms with Crippen LogP contribution in [0, 0.1) is 5.92 Å². The second kappa shape index (κ2) is 7.90. The molecule has 0 bridgehead atoms. The molecule has 0 heteroatoms. The SMILES string of the molecule is CC1=C(C2CCCCC2)c2c(ccc(C3CCCCC3)c2-c2ccccc2)C1. The molecule has 0 amide bonds. The van der Waals surface area contributed by atoms with Gasteiger partial charge in [-0.05, 0) is 84.3 Å². The summed E-state index contributed by atoms with van der Waals surface area (Å²) in [6, 6.07) is 16.3. The summed E-state index contributed by atoms with van der Waals surface area (Å²) < 4.78 is 0. The molecule has 146 valence electrons. The van der Waals surface area contributed by atoms with E-state index in [1.165, 1.54) is 76.2 Å². The molecule has 3 aliphatic carbocycles. The average molecular weight is 371 g/mol. The Morgan fingerprint density at radius 1 is 0.643 bits per heavy atom. The molecule has 0 atom stereocenters. The van der Waals surface area contributed by atoms with Gasteiger partial charge >= 0.3 is 0 Å². The Bertz CT molecular complexity index is 858. The lowest BCUT2D eigenvalue weighted by Crippen LogP contribution is -2.11. The van der Waals surface area contributed by atoms with Crippen molar-refractivity contribution in [1.82, 2.24) is 0 Å². The van der Waals surface area contributed by atoms with Crippen LogP contribution in [-0.2, 0) is 6.42 Å². The molecule has 3 aliphatic rings. The third kappa shape index (κ3) is 3.25. The van der Waals surface area contributed by atoms with E-state index in [4.69, 9.17) is 0 Å². The number of allylic oxidation sites excluding steroid dienone is 2. The highest BCUT2D eigenvalue weighted by Crippen LogP contribution is 2.50. The van der Waals surface area contributed by atoms with Crippen LogP contribution in [0.15, 0.2) is 48.0 Å². The maximum absolute atomic E-state index is 2.51. The van der Waals surface area contributed by atoms with Crippen molar-refractivity contribution in [3.63, 3.8) is 0 Å². The summed E-state index contributed by atoms with van der Waals surface area (Å²) in [5.41, 5.74) is 11.3. The minimum Gasteiger partial charge on any atom is -0.0648 e. The first-order valence-corrected chi connectivity index (χ1v) is 11.7. The van der Waals surface area contributed by atoms with Gasteiger partial charge in [0, 0.05) is 0 Å². The van der Waals surface area contributed by atoms with Crippen LogP contribution < -0.4 is 0 Å². The normalized spacial score (nSPS) is 21.2. The molecule has 2 aromatic carbocycles. The lowest BCUT2D eigenvalue weighted by atomic mass is 9.75. The van der Waals surface area contributed by atoms with Gasteiger partial charge in [-0.15, -0.1) is 0 Å². The van der Waals surface area contributed by atoms with E-state index in [0.717, 1.165) is 11.8 Å². The van der Waals surface area contributed by atoms with E-state index >= 15 is 0 Å². The maximum atomic E-state index is 2.51. The van der Waals surface area contributed by atoms with E-state index in [0.29, 0.717) is 0 Å². The molecular weight excluding hydrogens is 336 g/mol. The van der Waals surface area contributed by atoms with Crippen molar-refractivity contribution in [3.8, 4) is 11.1 Å². The van der Waals surface area contributed by atoms with Crippen molar-refractivity contribution in [2.24, 2.45) is 5.92 Å². The van der Waals surface area contributed by atoms with Crippen LogP contribution in [0.5, 0.6) is 0 Å². The predicted octanol–water partition coefficient (Wildman–Crippen LogP) is 8.31. The summed E-state index contributed by atoms with van der Waals surface area (Å²) in [7, 11) is 0. The van der Waals surface area contributed by atoms with E-state index in [1.54, 1.807) is 33.4 Å². The molecular formula is C28H34. The molecule has 0 unspecified atom stereocenters. The van der Waals surface area contributed by atoms with Crippen molar-refractivity contribution in [1.29, 1.82) is 0 Å². The van der Waals surface area contributed by atoms with Crippen molar-refractivity contribution < 1.29 is 0 Å². The van der Waals surface area contributed by atoms with Gasteiger partial charge in [-0.1, -0.05) is 86.6 Å². The van der Waals surface area contributed by atoms with Gasteiger partial charge in [-0.2, -0.15) is 0 Å². The fraction of sp³-hybridized carbons (Fsp3) is 0.500. The number of rotatable bonds is 3. The maximum Gasteiger partial charge on any atom is -0.00575 e. The molecule has 0 N–H and O–H groups in total. The molecule has 2 aromatic rings. The molecule has 0 heterocycles. The third-order valence-electron chi connectivity index (χ3n) is 7.63. The lowest BCUT2D eigenvalue weighted by Gasteiger charge is -2.30. The standard InChI is InChI=1S/C28H34/c1-20-19-24-17-18-25(21-11-5-2-6-12-21)27(23-15-9-4-10-16-23)28(24)26(20)22-13-7-3-8-14-22/h4,9-10,15-18,21-22H,2-3,5-8,11-14,19H2,1H3. The van der Waals surface area contributed by atoms with Gasteiger partial charge in [0.25, 0.3) is 0 Å². The molecule has 2 saturated carbocycles. The zero-order valence-corrected chi connectivity index (χ0v) is 17.5. The lowest BCUT2D eigenvalue weighted by molar-refractivity contribution is 0.428. The van der Waals surface area contributed by atoms with Crippen LogP contribution in [0.25, 0.3) is 16.7 Å². The van der Waals surface area contributed by atoms with E-state index in [9.17, 15) is 0 Å². The van der Waals surface area contributed by atoms with Crippen molar-refractivity contribution >= 4 is 5.57 Å². The van der Waals surface area contributed by atoms with Crippen LogP contribution in [-0.4, -0.2) is 0 Å². The minimum atomic E-state index is 0.753. The largest absolute Gasteiger partial charge is 0.0648 e. The molecule has 0 nitrogen and oxygen atoms in total. The Labute approximate surface area is 171 Å². The highest BCUT2D eigenvalue weighted by atomic mass is 14.4. The topological polar surface area (TPSA) is 0 Å². The van der Waals surface area contributed by atoms with Crippen LogP contribution >= 0.6 is 0 Å². The first-order chi connectivity index (χ1) is 13.8. The Morgan fingerprint density at radius 3 is 1.96 bits per heavy atom. The van der Waals surface area contributed by atoms with Gasteiger partial charge in [0.2, 0.25) is 0 Å². The second-order valence-corrected chi connectivity index (χ2v) is 9.47. The molecule has 0 aliphatic heterocycles. The molecule has 0 spiro atoms. The van der Waals surface area contributed by atoms with Crippen molar-refractivity contribution in [2.75, 3.05) is 0 Å². The fourth-order valence-corrected chi connectivity index (χ4v) is 6.32. The first kappa shape index (κ1) is 18.2. The van der Waals surface area contributed by atoms with Gasteiger partial charge in [0.15, 0.2) is 0 Å². The zero-order chi connectivity index (χ0) is 18.9. The Morgan fingerprint density at radius 2 is 1.29 bits per heavy atom. The smallest absolute Gasteiger partial charge is 0.00575 e. The molecule has 2 fully saturated rings. The zero-order valence-electron chi connectivity index (χ0n) is 17.5. The number of fused-ring (bicyclic) bond motifs is 1. The van der Waals surface area contributed by atoms with Gasteiger partial charge in [-0.3, -0.25) is 0 Å². The highest BCUT2D eigenvalue weighted by Gasteiger charge is 2.32. The summed E-state index contributed by atoms with van der Waals surface area (Å²) in [5, 5.41) is 0. The summed E-state index contributed by atoms with van der Waals surface area (Å²) in [6.45, 7) is 2.42. The monoisotopic (exact) mass is 370 g/mol. The Kier molecular flexibility index (Phi) is 5.14. The van der Waals surface area contributed by atoms with E-state index in [2.05, 4.69) is 49.4 Å². The predicted molar refractivity (Wildman–Crippen MR) is 121 cm³/mol. The number of benzene rings is 2. The van der Waals surface area contributed by atoms with E-state index in [1.807, 2.05) is 0 Å². The Hall–Kier alpha value is -1.82. The summed E-state index contributed by atoms with van der Waals surface area (Å²) in [6.07, 6.45) is 15.2. The average Bonchev–Trinajstić information content (AvgIpc) is 3.10. The first-order valence-electron chi connectivity index (χ1n) is 11.7. The molecule has 28 heavy (non-hydrogen) atoms. The van der Waals surface area contributed by atoms with Crippen LogP contribution in [0.1, 0.15) is 93.7 Å². The van der Waals surface area contributed by atoms with Gasteiger partial charge in [-0.25, -0.2) is 0 Å². The quantitative estimate of drug-likeness (QED) is 0.509. The molecule has 0 aromatic heterocycles. The molecule has 0 saturated heterocycles. The van der Waals surface area contributed by atoms with Gasteiger partial charge < -0.3 is 0 Å². The van der Waals surface area contributed by atoms with Crippen LogP contribution in [0.2, 0.25) is 0 Å². The van der Waals surface area contributed by atoms with E-state index < -0.39 is 0 Å². The number of hydrogen-bond acceptors (Lipinski definition) is 0. The fourth-order valence-electron chi connectivity index (χ4n) is 6.32. The van der Waals surface area contributed by atoms with Crippen LogP contribution in [0.4, 0.5) is 0 Å². The summed E-state index contributed by atoms with van der Waals surface area (Å²) in [5.74, 6) is 1.54. The van der Waals surface area contributed by atoms with Crippen LogP contribution in [0.3, 0.4) is 0 Å². The molecule has 0 radical (unpaired) electrons. The number of hydrogen-bond donors (Lipinski definition) is 0. The van der Waals surface area contributed by atoms with Gasteiger partial charge in [0.05, 0.1) is 0 Å². The van der Waals surface area contributed by atoms with Crippen molar-refractivity contribution in [3.05, 3.63) is 64.7 Å². The third-order valence-corrected chi connectivity index (χ3v) is 7.63. The minimum absolute atomic E-state index is 0.753. The molecule has 5 rings (SSSR count). The highest BCUT2D eigenvalue weighted by molar-refractivity contribution is 5.90. The second-order valence-electron chi connectivity index (χ2n) is 9.47. The van der Waals surface area contributed by atoms with Crippen molar-refractivity contribution in [2.45, 2.75) is 83.5 Å². The Balaban J connectivity index is 1.69. The van der Waals surface area contributed by atoms with E-state index in [-0.39, 0.29) is 0 Å². The summed E-state index contributed by atoms with van der Waals surface area (Å²) >= 11 is 0.